The number of hydrogen-bond donors (Lipinski definition) is 1. The van der Waals surface area contributed by atoms with Gasteiger partial charge in [0.15, 0.2) is 9.90 Å². The number of sulfonamides is 1. The van der Waals surface area contributed by atoms with Crippen molar-refractivity contribution in [3.05, 3.63) is 11.2 Å². The van der Waals surface area contributed by atoms with E-state index in [1.165, 1.54) is 12.6 Å². The van der Waals surface area contributed by atoms with Crippen LogP contribution >= 0.6 is 11.3 Å². The summed E-state index contributed by atoms with van der Waals surface area (Å²) in [6, 6.07) is 0. The Morgan fingerprint density at radius 3 is 2.79 bits per heavy atom. The molecule has 1 aromatic heterocycles. The van der Waals surface area contributed by atoms with E-state index in [1.807, 2.05) is 13.8 Å². The maximum Gasteiger partial charge on any atom is 0.358 e. The zero-order chi connectivity index (χ0) is 14.5. The molecule has 1 aromatic rings. The molecule has 9 heteroatoms. The SMILES string of the molecule is COC(=O)c1ncsc1S(=O)(=O)NCCOC(C)C. The fraction of sp³-hybridized carbons (Fsp3) is 0.600. The molecule has 0 aliphatic carbocycles. The Labute approximate surface area is 116 Å². The van der Waals surface area contributed by atoms with Crippen LogP contribution in [0.1, 0.15) is 24.3 Å². The van der Waals surface area contributed by atoms with Crippen molar-refractivity contribution >= 4 is 27.3 Å². The molecule has 0 fully saturated rings. The third-order valence-electron chi connectivity index (χ3n) is 2.00. The third kappa shape index (κ3) is 4.53. The van der Waals surface area contributed by atoms with Gasteiger partial charge in [-0.15, -0.1) is 11.3 Å². The van der Waals surface area contributed by atoms with Crippen molar-refractivity contribution in [1.82, 2.24) is 9.71 Å². The van der Waals surface area contributed by atoms with Crippen molar-refractivity contribution in [2.24, 2.45) is 0 Å². The molecule has 0 saturated heterocycles. The highest BCUT2D eigenvalue weighted by molar-refractivity contribution is 7.91. The highest BCUT2D eigenvalue weighted by atomic mass is 32.2. The first-order valence-electron chi connectivity index (χ1n) is 5.51. The molecule has 0 unspecified atom stereocenters. The summed E-state index contributed by atoms with van der Waals surface area (Å²) < 4.78 is 35.8. The molecule has 0 amide bonds. The van der Waals surface area contributed by atoms with E-state index in [4.69, 9.17) is 4.74 Å². The smallest absolute Gasteiger partial charge is 0.358 e. The number of carbonyl (C=O) groups is 1. The van der Waals surface area contributed by atoms with Crippen molar-refractivity contribution in [3.63, 3.8) is 0 Å². The van der Waals surface area contributed by atoms with Crippen LogP contribution in [0.25, 0.3) is 0 Å². The fourth-order valence-electron chi connectivity index (χ4n) is 1.19. The van der Waals surface area contributed by atoms with Crippen LogP contribution in [0.3, 0.4) is 0 Å². The monoisotopic (exact) mass is 308 g/mol. The normalized spacial score (nSPS) is 11.8. The van der Waals surface area contributed by atoms with Gasteiger partial charge in [-0.3, -0.25) is 0 Å². The number of thiazole rings is 1. The maximum atomic E-state index is 12.0. The first-order chi connectivity index (χ1) is 8.88. The second kappa shape index (κ2) is 6.94. The van der Waals surface area contributed by atoms with E-state index in [1.54, 1.807) is 0 Å². The molecular formula is C10H16N2O5S2. The standard InChI is InChI=1S/C10H16N2O5S2/c1-7(2)17-5-4-12-19(14,15)10-8(9(13)16-3)11-6-18-10/h6-7,12H,4-5H2,1-3H3. The average Bonchev–Trinajstić information content (AvgIpc) is 2.83. The summed E-state index contributed by atoms with van der Waals surface area (Å²) in [6.07, 6.45) is 0.0264. The Bertz CT molecular complexity index is 524. The van der Waals surface area contributed by atoms with Crippen LogP contribution in [-0.2, 0) is 19.5 Å². The summed E-state index contributed by atoms with van der Waals surface area (Å²) in [5, 5.41) is 0. The summed E-state index contributed by atoms with van der Waals surface area (Å²) in [5.74, 6) is -0.778. The number of hydrogen-bond acceptors (Lipinski definition) is 7. The lowest BCUT2D eigenvalue weighted by Gasteiger charge is -2.08. The molecule has 0 atom stereocenters. The van der Waals surface area contributed by atoms with Crippen LogP contribution in [0.2, 0.25) is 0 Å². The number of carbonyl (C=O) groups excluding carboxylic acids is 1. The van der Waals surface area contributed by atoms with Gasteiger partial charge in [-0.1, -0.05) is 0 Å². The van der Waals surface area contributed by atoms with Gasteiger partial charge >= 0.3 is 5.97 Å². The van der Waals surface area contributed by atoms with Crippen LogP contribution in [0, 0.1) is 0 Å². The van der Waals surface area contributed by atoms with Crippen molar-refractivity contribution < 1.29 is 22.7 Å². The molecule has 0 bridgehead atoms. The van der Waals surface area contributed by atoms with Crippen LogP contribution in [0.15, 0.2) is 9.72 Å². The topological polar surface area (TPSA) is 94.6 Å². The van der Waals surface area contributed by atoms with Gasteiger partial charge in [0.1, 0.15) is 0 Å². The predicted molar refractivity (Wildman–Crippen MR) is 69.7 cm³/mol. The molecule has 0 radical (unpaired) electrons. The molecule has 0 aliphatic heterocycles. The second-order valence-corrected chi connectivity index (χ2v) is 6.61. The van der Waals surface area contributed by atoms with Gasteiger partial charge in [0, 0.05) is 6.54 Å². The Balaban J connectivity index is 2.73. The lowest BCUT2D eigenvalue weighted by Crippen LogP contribution is -2.29. The van der Waals surface area contributed by atoms with Gasteiger partial charge in [0.05, 0.1) is 25.3 Å². The van der Waals surface area contributed by atoms with Crippen molar-refractivity contribution in [1.29, 1.82) is 0 Å². The largest absolute Gasteiger partial charge is 0.464 e. The number of rotatable bonds is 7. The molecule has 0 saturated carbocycles. The Kier molecular flexibility index (Phi) is 5.85. The molecule has 1 rings (SSSR count). The number of methoxy groups -OCH3 is 1. The van der Waals surface area contributed by atoms with E-state index in [0.29, 0.717) is 0 Å². The number of ether oxygens (including phenoxy) is 2. The first-order valence-corrected chi connectivity index (χ1v) is 7.88. The zero-order valence-electron chi connectivity index (χ0n) is 10.9. The van der Waals surface area contributed by atoms with Crippen LogP contribution in [0.4, 0.5) is 0 Å². The van der Waals surface area contributed by atoms with E-state index in [-0.39, 0.29) is 29.2 Å². The molecule has 0 aliphatic rings. The molecule has 19 heavy (non-hydrogen) atoms. The van der Waals surface area contributed by atoms with Gasteiger partial charge in [-0.2, -0.15) is 0 Å². The Hall–Kier alpha value is -1.03. The number of esters is 1. The summed E-state index contributed by atoms with van der Waals surface area (Å²) >= 11 is 0.861. The highest BCUT2D eigenvalue weighted by Crippen LogP contribution is 2.20. The van der Waals surface area contributed by atoms with Gasteiger partial charge in [0.25, 0.3) is 10.0 Å². The molecule has 1 N–H and O–H groups in total. The van der Waals surface area contributed by atoms with Gasteiger partial charge in [-0.25, -0.2) is 22.9 Å². The molecule has 0 spiro atoms. The van der Waals surface area contributed by atoms with Gasteiger partial charge < -0.3 is 9.47 Å². The second-order valence-electron chi connectivity index (χ2n) is 3.80. The quantitative estimate of drug-likeness (QED) is 0.586. The van der Waals surface area contributed by atoms with Gasteiger partial charge in [-0.05, 0) is 13.8 Å². The lowest BCUT2D eigenvalue weighted by atomic mass is 10.5. The van der Waals surface area contributed by atoms with E-state index >= 15 is 0 Å². The summed E-state index contributed by atoms with van der Waals surface area (Å²) in [7, 11) is -2.61. The number of nitrogens with zero attached hydrogens (tertiary/aromatic N) is 1. The summed E-state index contributed by atoms with van der Waals surface area (Å²) in [5.41, 5.74) is 1.08. The Morgan fingerprint density at radius 2 is 2.21 bits per heavy atom. The van der Waals surface area contributed by atoms with Crippen molar-refractivity contribution in [2.45, 2.75) is 24.2 Å². The molecule has 1 heterocycles. The molecule has 108 valence electrons. The number of aromatic nitrogens is 1. The maximum absolute atomic E-state index is 12.0. The van der Waals surface area contributed by atoms with Gasteiger partial charge in [0.2, 0.25) is 0 Å². The minimum atomic E-state index is -3.78. The van der Waals surface area contributed by atoms with Crippen LogP contribution < -0.4 is 4.72 Å². The van der Waals surface area contributed by atoms with Crippen LogP contribution in [0.5, 0.6) is 0 Å². The minimum absolute atomic E-state index is 0.0264. The number of nitrogens with one attached hydrogen (secondary N) is 1. The van der Waals surface area contributed by atoms with E-state index in [2.05, 4.69) is 14.4 Å². The highest BCUT2D eigenvalue weighted by Gasteiger charge is 2.26. The summed E-state index contributed by atoms with van der Waals surface area (Å²) in [4.78, 5) is 15.1. The van der Waals surface area contributed by atoms with Crippen molar-refractivity contribution in [3.8, 4) is 0 Å². The average molecular weight is 308 g/mol. The van der Waals surface area contributed by atoms with E-state index in [9.17, 15) is 13.2 Å². The third-order valence-corrected chi connectivity index (χ3v) is 4.83. The van der Waals surface area contributed by atoms with Crippen molar-refractivity contribution in [2.75, 3.05) is 20.3 Å². The predicted octanol–water partition coefficient (Wildman–Crippen LogP) is 0.633. The fourth-order valence-corrected chi connectivity index (χ4v) is 3.38. The lowest BCUT2D eigenvalue weighted by molar-refractivity contribution is 0.0590. The molecule has 7 nitrogen and oxygen atoms in total. The van der Waals surface area contributed by atoms with E-state index < -0.39 is 16.0 Å². The van der Waals surface area contributed by atoms with E-state index in [0.717, 1.165) is 11.3 Å². The summed E-state index contributed by atoms with van der Waals surface area (Å²) in [6.45, 7) is 4.09. The van der Waals surface area contributed by atoms with Crippen LogP contribution in [-0.4, -0.2) is 45.7 Å². The molecule has 0 aromatic carbocycles. The zero-order valence-corrected chi connectivity index (χ0v) is 12.5. The minimum Gasteiger partial charge on any atom is -0.464 e. The Morgan fingerprint density at radius 1 is 1.53 bits per heavy atom. The molecular weight excluding hydrogens is 292 g/mol. The first kappa shape index (κ1) is 16.0.